The van der Waals surface area contributed by atoms with E-state index in [1.807, 2.05) is 37.5 Å². The van der Waals surface area contributed by atoms with Crippen LogP contribution in [0.3, 0.4) is 0 Å². The lowest BCUT2D eigenvalue weighted by Crippen LogP contribution is -2.11. The molecule has 0 aliphatic rings. The first kappa shape index (κ1) is 15.4. The molecule has 0 bridgehead atoms. The Morgan fingerprint density at radius 3 is 2.52 bits per heavy atom. The van der Waals surface area contributed by atoms with E-state index < -0.39 is 0 Å². The highest BCUT2D eigenvalue weighted by Gasteiger charge is 2.11. The van der Waals surface area contributed by atoms with E-state index in [2.05, 4.69) is 20.1 Å². The normalized spacial score (nSPS) is 11.5. The second-order valence-electron chi connectivity index (χ2n) is 6.41. The van der Waals surface area contributed by atoms with Crippen molar-refractivity contribution in [1.82, 2.24) is 34.3 Å². The van der Waals surface area contributed by atoms with Gasteiger partial charge in [-0.05, 0) is 24.3 Å². The molecule has 0 amide bonds. The van der Waals surface area contributed by atoms with E-state index in [0.717, 1.165) is 33.5 Å². The van der Waals surface area contributed by atoms with Crippen molar-refractivity contribution in [3.63, 3.8) is 0 Å². The molecule has 0 radical (unpaired) electrons. The van der Waals surface area contributed by atoms with Crippen molar-refractivity contribution in [2.75, 3.05) is 0 Å². The van der Waals surface area contributed by atoms with Gasteiger partial charge in [-0.25, -0.2) is 9.78 Å². The van der Waals surface area contributed by atoms with E-state index in [1.165, 1.54) is 4.57 Å². The number of imidazole rings is 1. The number of H-pyrrole nitrogens is 1. The highest BCUT2D eigenvalue weighted by atomic mass is 16.1. The van der Waals surface area contributed by atoms with Crippen molar-refractivity contribution in [3.05, 3.63) is 59.5 Å². The van der Waals surface area contributed by atoms with Crippen molar-refractivity contribution >= 4 is 22.1 Å². The molecule has 0 fully saturated rings. The van der Waals surface area contributed by atoms with E-state index in [0.29, 0.717) is 11.0 Å². The van der Waals surface area contributed by atoms with Crippen LogP contribution in [0.1, 0.15) is 0 Å². The number of pyridine rings is 3. The monoisotopic (exact) mass is 357 g/mol. The van der Waals surface area contributed by atoms with Crippen LogP contribution >= 0.6 is 0 Å². The summed E-state index contributed by atoms with van der Waals surface area (Å²) in [4.78, 5) is 28.5. The van der Waals surface area contributed by atoms with Crippen molar-refractivity contribution in [1.29, 1.82) is 0 Å². The highest BCUT2D eigenvalue weighted by Crippen LogP contribution is 2.25. The van der Waals surface area contributed by atoms with Crippen LogP contribution in [0.5, 0.6) is 0 Å². The number of aryl methyl sites for hydroxylation is 2. The lowest BCUT2D eigenvalue weighted by molar-refractivity contribution is 0.768. The number of rotatable bonds is 2. The van der Waals surface area contributed by atoms with Gasteiger partial charge in [-0.1, -0.05) is 0 Å². The quantitative estimate of drug-likeness (QED) is 0.523. The zero-order valence-corrected chi connectivity index (χ0v) is 14.7. The Kier molecular flexibility index (Phi) is 3.20. The lowest BCUT2D eigenvalue weighted by Gasteiger charge is -2.05. The number of aromatic amines is 1. The van der Waals surface area contributed by atoms with Crippen molar-refractivity contribution in [2.24, 2.45) is 14.1 Å². The number of aromatic nitrogens is 7. The molecule has 0 spiro atoms. The number of hydrogen-bond donors (Lipinski definition) is 1. The molecule has 8 heteroatoms. The largest absolute Gasteiger partial charge is 0.326 e. The predicted octanol–water partition coefficient (Wildman–Crippen LogP) is 2.27. The zero-order chi connectivity index (χ0) is 18.5. The minimum absolute atomic E-state index is 0.186. The summed E-state index contributed by atoms with van der Waals surface area (Å²) in [5.74, 6) is 0. The third kappa shape index (κ3) is 2.42. The smallest absolute Gasteiger partial charge is 0.304 e. The van der Waals surface area contributed by atoms with Gasteiger partial charge in [0.05, 0.1) is 40.3 Å². The van der Waals surface area contributed by atoms with Gasteiger partial charge in [-0.15, -0.1) is 0 Å². The molecule has 0 aromatic carbocycles. The van der Waals surface area contributed by atoms with E-state index in [9.17, 15) is 4.79 Å². The Morgan fingerprint density at radius 1 is 0.926 bits per heavy atom. The van der Waals surface area contributed by atoms with E-state index in [4.69, 9.17) is 4.98 Å². The van der Waals surface area contributed by atoms with Gasteiger partial charge in [0.25, 0.3) is 0 Å². The number of hydrogen-bond acceptors (Lipinski definition) is 5. The van der Waals surface area contributed by atoms with E-state index in [1.54, 1.807) is 30.3 Å². The minimum Gasteiger partial charge on any atom is -0.304 e. The van der Waals surface area contributed by atoms with Crippen LogP contribution in [0.15, 0.2) is 53.8 Å². The fourth-order valence-corrected chi connectivity index (χ4v) is 3.16. The van der Waals surface area contributed by atoms with Crippen LogP contribution in [0.2, 0.25) is 0 Å². The van der Waals surface area contributed by atoms with Crippen molar-refractivity contribution in [2.45, 2.75) is 0 Å². The molecule has 132 valence electrons. The van der Waals surface area contributed by atoms with Crippen LogP contribution in [-0.4, -0.2) is 34.3 Å². The van der Waals surface area contributed by atoms with Crippen LogP contribution < -0.4 is 5.69 Å². The molecular formula is C19H15N7O. The van der Waals surface area contributed by atoms with Crippen LogP contribution in [0.4, 0.5) is 0 Å². The molecule has 0 saturated heterocycles. The van der Waals surface area contributed by atoms with E-state index in [-0.39, 0.29) is 5.69 Å². The van der Waals surface area contributed by atoms with Gasteiger partial charge in [0.2, 0.25) is 0 Å². The second-order valence-corrected chi connectivity index (χ2v) is 6.41. The van der Waals surface area contributed by atoms with Crippen LogP contribution in [0, 0.1) is 0 Å². The Labute approximate surface area is 153 Å². The summed E-state index contributed by atoms with van der Waals surface area (Å²) in [6.07, 6.45) is 7.17. The maximum atomic E-state index is 11.9. The fraction of sp³-hybridized carbons (Fsp3) is 0.105. The summed E-state index contributed by atoms with van der Waals surface area (Å²) in [5, 5.41) is 4.17. The van der Waals surface area contributed by atoms with E-state index >= 15 is 0 Å². The summed E-state index contributed by atoms with van der Waals surface area (Å²) in [5.41, 5.74) is 6.09. The molecule has 5 heterocycles. The summed E-state index contributed by atoms with van der Waals surface area (Å²) in [6.45, 7) is 0. The molecule has 8 nitrogen and oxygen atoms in total. The second kappa shape index (κ2) is 5.60. The molecule has 0 atom stereocenters. The fourth-order valence-electron chi connectivity index (χ4n) is 3.16. The molecule has 5 aromatic heterocycles. The van der Waals surface area contributed by atoms with Crippen molar-refractivity contribution < 1.29 is 0 Å². The highest BCUT2D eigenvalue weighted by molar-refractivity contribution is 5.99. The average molecular weight is 357 g/mol. The molecule has 0 aliphatic carbocycles. The topological polar surface area (TPSA) is 94.3 Å². The first-order valence-electron chi connectivity index (χ1n) is 8.40. The maximum absolute atomic E-state index is 11.9. The Balaban J connectivity index is 1.63. The first-order chi connectivity index (χ1) is 13.1. The summed E-state index contributed by atoms with van der Waals surface area (Å²) >= 11 is 0. The maximum Gasteiger partial charge on any atom is 0.326 e. The van der Waals surface area contributed by atoms with Gasteiger partial charge in [0.15, 0.2) is 0 Å². The SMILES string of the molecule is Cn1cc(-c2ccc(-c3ccc4ncc5c([nH]c(=O)n5C)c4n3)cn2)cn1. The Morgan fingerprint density at radius 2 is 1.78 bits per heavy atom. The Hall–Kier alpha value is -3.81. The summed E-state index contributed by atoms with van der Waals surface area (Å²) in [6, 6.07) is 7.73. The summed E-state index contributed by atoms with van der Waals surface area (Å²) < 4.78 is 3.27. The molecule has 0 saturated carbocycles. The number of fused-ring (bicyclic) bond motifs is 3. The van der Waals surface area contributed by atoms with Gasteiger partial charge in [-0.2, -0.15) is 5.10 Å². The lowest BCUT2D eigenvalue weighted by atomic mass is 10.1. The van der Waals surface area contributed by atoms with Crippen LogP contribution in [-0.2, 0) is 14.1 Å². The first-order valence-corrected chi connectivity index (χ1v) is 8.40. The molecule has 27 heavy (non-hydrogen) atoms. The van der Waals surface area contributed by atoms with Crippen molar-refractivity contribution in [3.8, 4) is 22.5 Å². The number of nitrogens with zero attached hydrogens (tertiary/aromatic N) is 6. The molecule has 0 aliphatic heterocycles. The standard InChI is InChI=1S/C19H15N7O/c1-25-10-12(8-22-25)13-4-3-11(7-20-13)14-5-6-15-17(23-14)18-16(9-21-15)26(2)19(27)24-18/h3-10H,1-2H3,(H,24,27). The molecule has 5 aromatic rings. The number of nitrogens with one attached hydrogen (secondary N) is 1. The third-order valence-corrected chi connectivity index (χ3v) is 4.65. The van der Waals surface area contributed by atoms with Gasteiger partial charge in [0.1, 0.15) is 5.52 Å². The van der Waals surface area contributed by atoms with Gasteiger partial charge >= 0.3 is 5.69 Å². The van der Waals surface area contributed by atoms with Crippen LogP contribution in [0.25, 0.3) is 44.6 Å². The molecule has 5 rings (SSSR count). The van der Waals surface area contributed by atoms with Gasteiger partial charge in [0, 0.05) is 37.6 Å². The van der Waals surface area contributed by atoms with Gasteiger partial charge in [-0.3, -0.25) is 19.2 Å². The molecule has 1 N–H and O–H groups in total. The minimum atomic E-state index is -0.186. The van der Waals surface area contributed by atoms with Gasteiger partial charge < -0.3 is 4.98 Å². The predicted molar refractivity (Wildman–Crippen MR) is 102 cm³/mol. The third-order valence-electron chi connectivity index (χ3n) is 4.65. The molecule has 0 unspecified atom stereocenters. The Bertz CT molecular complexity index is 1360. The zero-order valence-electron chi connectivity index (χ0n) is 14.7. The average Bonchev–Trinajstić information content (AvgIpc) is 3.25. The summed E-state index contributed by atoms with van der Waals surface area (Å²) in [7, 11) is 3.58. The molecular weight excluding hydrogens is 342 g/mol.